The lowest BCUT2D eigenvalue weighted by atomic mass is 9.94. The molecule has 0 bridgehead atoms. The van der Waals surface area contributed by atoms with Gasteiger partial charge in [-0.3, -0.25) is 14.4 Å². The Morgan fingerprint density at radius 2 is 0.711 bits per heavy atom. The number of nitrogens with one attached hydrogen (secondary N) is 3. The molecule has 0 radical (unpaired) electrons. The number of rotatable bonds is 54. The standard InChI is InChI=1S/C78H141N3O33/c1-5-7-9-11-13-15-17-19-20-21-22-24-26-28-30-32-34-36-54(90)81-46(47(89)35-33-31-29-27-25-23-18-16-14-12-10-8-6-2)42-103-75-66(100)63(97)69(51(40-85)108-75)111-77-67(101)64(98)70(52(41-86)109-77)112-78-68(102)72(59(93)50(39-84)107-78)114-74-56(80-45(4)88)71(113-76-65(99)62(96)58(92)49(38-83)106-76)60(94)53(110-74)43-104-73-55(79-44(3)87)61(95)57(91)48(37-82)105-73/h33,35,46-53,55-78,82-86,89,91-102H,5-32,34,36-43H2,1-4H3,(H,79,87)(H,80,88)(H,81,90)/b35-33+/t46-,47+,48?,49?,50?,51?,52?,53?,55?,56?,57+,58-,59-,60-,61+,62-,63+,64+,65?,66?,67?,68?,69+,70-,71+,72-,73+,74-,75+,76-,77-,78-/m0/s1. The predicted molar refractivity (Wildman–Crippen MR) is 403 cm³/mol. The van der Waals surface area contributed by atoms with Crippen LogP contribution in [0.2, 0.25) is 0 Å². The second-order valence-corrected chi connectivity index (χ2v) is 31.4. The molecule has 0 aliphatic carbocycles. The van der Waals surface area contributed by atoms with Gasteiger partial charge in [-0.15, -0.1) is 0 Å². The zero-order valence-electron chi connectivity index (χ0n) is 67.0. The number of carbonyl (C=O) groups is 3. The maximum Gasteiger partial charge on any atom is 0.220 e. The quantitative estimate of drug-likeness (QED) is 0.0240. The van der Waals surface area contributed by atoms with Crippen LogP contribution in [0.3, 0.4) is 0 Å². The SMILES string of the molecule is CCCCCCCCCCCCC/C=C/[C@@H](O)[C@H](CO[C@@H]1OC(CO)[C@@H](O[C@@H]2OC(CO)[C@H](O[C@@H]3OC(CO)[C@H](O)[C@H](O[C@@H]4OC(CO[C@@H]5OC(CO)[C@@H](O)[C@H](O)C5NC(C)=O)[C@H](O)[C@H](O[C@@H]5OC(CO)[C@H](O)[C@H](O)C5O)C4NC(C)=O)C3O)[C@H](O)C2O)[C@H](O)C1O)NC(=O)CCCCCCCCCCCCCCCCCCC. The fourth-order valence-electron chi connectivity index (χ4n) is 15.4. The lowest BCUT2D eigenvalue weighted by Crippen LogP contribution is -2.70. The first-order valence-corrected chi connectivity index (χ1v) is 42.0. The van der Waals surface area contributed by atoms with Gasteiger partial charge in [0.05, 0.1) is 58.4 Å². The van der Waals surface area contributed by atoms with Gasteiger partial charge < -0.3 is 165 Å². The highest BCUT2D eigenvalue weighted by Gasteiger charge is 2.58. The van der Waals surface area contributed by atoms with Gasteiger partial charge in [-0.25, -0.2) is 0 Å². The van der Waals surface area contributed by atoms with Crippen LogP contribution in [0.15, 0.2) is 12.2 Å². The van der Waals surface area contributed by atoms with E-state index in [1.165, 1.54) is 122 Å². The summed E-state index contributed by atoms with van der Waals surface area (Å²) in [4.78, 5) is 38.9. The van der Waals surface area contributed by atoms with Crippen LogP contribution in [0.4, 0.5) is 0 Å². The Hall–Kier alpha value is -3.05. The summed E-state index contributed by atoms with van der Waals surface area (Å²) in [6.07, 6.45) is -18.4. The highest BCUT2D eigenvalue weighted by Crippen LogP contribution is 2.38. The largest absolute Gasteiger partial charge is 0.394 e. The average molecular weight is 1650 g/mol. The lowest BCUT2D eigenvalue weighted by Gasteiger charge is -2.50. The molecule has 6 saturated heterocycles. The van der Waals surface area contributed by atoms with Crippen LogP contribution in [0.1, 0.15) is 220 Å². The molecule has 0 aromatic carbocycles. The highest BCUT2D eigenvalue weighted by atomic mass is 16.8. The van der Waals surface area contributed by atoms with Crippen molar-refractivity contribution >= 4 is 17.7 Å². The fourth-order valence-corrected chi connectivity index (χ4v) is 15.4. The average Bonchev–Trinajstić information content (AvgIpc) is 0.420. The smallest absolute Gasteiger partial charge is 0.220 e. The van der Waals surface area contributed by atoms with Crippen LogP contribution < -0.4 is 16.0 Å². The number of ether oxygens (including phenoxy) is 12. The summed E-state index contributed by atoms with van der Waals surface area (Å²) < 4.78 is 71.1. The Kier molecular flexibility index (Phi) is 47.0. The summed E-state index contributed by atoms with van der Waals surface area (Å²) >= 11 is 0. The predicted octanol–water partition coefficient (Wildman–Crippen LogP) is -1.64. The number of amides is 3. The summed E-state index contributed by atoms with van der Waals surface area (Å²) in [7, 11) is 0. The normalized spacial score (nSPS) is 36.8. The summed E-state index contributed by atoms with van der Waals surface area (Å²) in [5, 5.41) is 208. The number of hydrogen-bond acceptors (Lipinski definition) is 33. The Balaban J connectivity index is 1.10. The van der Waals surface area contributed by atoms with Crippen molar-refractivity contribution in [3.05, 3.63) is 12.2 Å². The Labute approximate surface area is 669 Å². The van der Waals surface area contributed by atoms with Crippen LogP contribution in [-0.2, 0) is 71.2 Å². The summed E-state index contributed by atoms with van der Waals surface area (Å²) in [6.45, 7) is 0.280. The first-order chi connectivity index (χ1) is 54.8. The number of aliphatic hydroxyl groups excluding tert-OH is 18. The molecule has 114 heavy (non-hydrogen) atoms. The topological polar surface area (TPSA) is 562 Å². The van der Waals surface area contributed by atoms with Crippen molar-refractivity contribution < 1.29 is 163 Å². The number of hydrogen-bond donors (Lipinski definition) is 21. The molecule has 21 N–H and O–H groups in total. The van der Waals surface area contributed by atoms with Crippen LogP contribution in [0.5, 0.6) is 0 Å². The molecule has 3 amide bonds. The van der Waals surface area contributed by atoms with E-state index in [1.54, 1.807) is 6.08 Å². The second kappa shape index (κ2) is 53.7. The minimum atomic E-state index is -2.31. The van der Waals surface area contributed by atoms with Crippen molar-refractivity contribution in [3.63, 3.8) is 0 Å². The van der Waals surface area contributed by atoms with Crippen molar-refractivity contribution in [2.75, 3.05) is 46.2 Å². The molecule has 6 fully saturated rings. The molecular weight excluding hydrogens is 1510 g/mol. The van der Waals surface area contributed by atoms with E-state index in [2.05, 4.69) is 29.8 Å². The lowest BCUT2D eigenvalue weighted by molar-refractivity contribution is -0.390. The van der Waals surface area contributed by atoms with Gasteiger partial charge in [0.25, 0.3) is 0 Å². The van der Waals surface area contributed by atoms with Gasteiger partial charge in [0.1, 0.15) is 146 Å². The van der Waals surface area contributed by atoms with E-state index in [0.717, 1.165) is 65.2 Å². The number of carbonyl (C=O) groups excluding carboxylic acids is 3. The van der Waals surface area contributed by atoms with Crippen LogP contribution in [0.25, 0.3) is 0 Å². The van der Waals surface area contributed by atoms with Gasteiger partial charge in [-0.05, 0) is 19.3 Å². The molecule has 6 heterocycles. The van der Waals surface area contributed by atoms with Crippen molar-refractivity contribution in [2.45, 2.75) is 417 Å². The monoisotopic (exact) mass is 1650 g/mol. The third-order valence-electron chi connectivity index (χ3n) is 22.2. The Morgan fingerprint density at radius 3 is 1.18 bits per heavy atom. The number of aliphatic hydroxyl groups is 18. The van der Waals surface area contributed by atoms with Crippen molar-refractivity contribution in [1.29, 1.82) is 0 Å². The maximum absolute atomic E-state index is 13.5. The molecule has 6 rings (SSSR count). The summed E-state index contributed by atoms with van der Waals surface area (Å²) in [5.41, 5.74) is 0. The summed E-state index contributed by atoms with van der Waals surface area (Å²) in [5.74, 6) is -1.98. The molecule has 12 unspecified atom stereocenters. The molecule has 32 atom stereocenters. The number of unbranched alkanes of at least 4 members (excludes halogenated alkanes) is 27. The van der Waals surface area contributed by atoms with E-state index in [4.69, 9.17) is 56.8 Å². The first-order valence-electron chi connectivity index (χ1n) is 42.0. The second-order valence-electron chi connectivity index (χ2n) is 31.4. The van der Waals surface area contributed by atoms with Crippen molar-refractivity contribution in [1.82, 2.24) is 16.0 Å². The summed E-state index contributed by atoms with van der Waals surface area (Å²) in [6, 6.07) is -4.48. The van der Waals surface area contributed by atoms with Gasteiger partial charge in [0.2, 0.25) is 17.7 Å². The van der Waals surface area contributed by atoms with E-state index in [9.17, 15) is 106 Å². The third kappa shape index (κ3) is 30.8. The molecule has 6 aliphatic rings. The number of allylic oxidation sites excluding steroid dienone is 1. The van der Waals surface area contributed by atoms with Gasteiger partial charge in [-0.1, -0.05) is 193 Å². The maximum atomic E-state index is 13.5. The zero-order valence-corrected chi connectivity index (χ0v) is 67.0. The van der Waals surface area contributed by atoms with Gasteiger partial charge in [-0.2, -0.15) is 0 Å². The molecule has 0 saturated carbocycles. The van der Waals surface area contributed by atoms with E-state index in [0.29, 0.717) is 12.8 Å². The molecule has 36 nitrogen and oxygen atoms in total. The molecule has 36 heteroatoms. The highest BCUT2D eigenvalue weighted by molar-refractivity contribution is 5.76. The zero-order chi connectivity index (χ0) is 83.4. The third-order valence-corrected chi connectivity index (χ3v) is 22.2. The molecule has 666 valence electrons. The van der Waals surface area contributed by atoms with E-state index < -0.39 is 254 Å². The minimum absolute atomic E-state index is 0.177. The molecule has 0 aromatic heterocycles. The van der Waals surface area contributed by atoms with E-state index in [-0.39, 0.29) is 12.3 Å². The van der Waals surface area contributed by atoms with Crippen molar-refractivity contribution in [3.8, 4) is 0 Å². The Morgan fingerprint density at radius 1 is 0.351 bits per heavy atom. The van der Waals surface area contributed by atoms with Crippen molar-refractivity contribution in [2.24, 2.45) is 0 Å². The van der Waals surface area contributed by atoms with E-state index >= 15 is 0 Å². The Bertz CT molecular complexity index is 2630. The fraction of sp³-hybridized carbons (Fsp3) is 0.936. The molecule has 0 spiro atoms. The molecular formula is C78H141N3O33. The first kappa shape index (κ1) is 99.8. The van der Waals surface area contributed by atoms with Crippen LogP contribution in [-0.4, -0.2) is 352 Å². The molecule has 6 aliphatic heterocycles. The van der Waals surface area contributed by atoms with E-state index in [1.807, 2.05) is 6.08 Å². The van der Waals surface area contributed by atoms with Gasteiger partial charge in [0.15, 0.2) is 37.7 Å². The molecule has 0 aromatic rings. The minimum Gasteiger partial charge on any atom is -0.394 e. The van der Waals surface area contributed by atoms with Crippen LogP contribution >= 0.6 is 0 Å². The van der Waals surface area contributed by atoms with Gasteiger partial charge >= 0.3 is 0 Å². The van der Waals surface area contributed by atoms with Gasteiger partial charge in [0, 0.05) is 20.3 Å². The van der Waals surface area contributed by atoms with Crippen LogP contribution in [0, 0.1) is 0 Å².